The fraction of sp³-hybridized carbons (Fsp3) is 0.640. The van der Waals surface area contributed by atoms with Crippen LogP contribution in [-0.2, 0) is 4.79 Å². The highest BCUT2D eigenvalue weighted by Gasteiger charge is 2.23. The van der Waals surface area contributed by atoms with Crippen LogP contribution >= 0.6 is 0 Å². The van der Waals surface area contributed by atoms with Gasteiger partial charge >= 0.3 is 0 Å². The average Bonchev–Trinajstić information content (AvgIpc) is 3.25. The molecule has 0 spiro atoms. The normalized spacial score (nSPS) is 21.3. The van der Waals surface area contributed by atoms with Crippen molar-refractivity contribution in [1.82, 2.24) is 15.1 Å². The Morgan fingerprint density at radius 3 is 2.63 bits per heavy atom. The third-order valence-electron chi connectivity index (χ3n) is 6.72. The molecule has 2 saturated heterocycles. The Hall–Kier alpha value is -1.85. The highest BCUT2D eigenvalue weighted by molar-refractivity contribution is 5.75. The first-order chi connectivity index (χ1) is 14.7. The van der Waals surface area contributed by atoms with Gasteiger partial charge in [-0.3, -0.25) is 14.6 Å². The van der Waals surface area contributed by atoms with Crippen molar-refractivity contribution in [3.63, 3.8) is 0 Å². The van der Waals surface area contributed by atoms with E-state index in [1.807, 2.05) is 12.1 Å². The second kappa shape index (κ2) is 12.1. The first kappa shape index (κ1) is 22.8. The van der Waals surface area contributed by atoms with Gasteiger partial charge in [-0.05, 0) is 81.9 Å². The Morgan fingerprint density at radius 1 is 1.17 bits per heavy atom. The summed E-state index contributed by atoms with van der Waals surface area (Å²) >= 11 is 0. The van der Waals surface area contributed by atoms with Crippen molar-refractivity contribution in [2.75, 3.05) is 46.4 Å². The van der Waals surface area contributed by atoms with E-state index >= 15 is 0 Å². The lowest BCUT2D eigenvalue weighted by Crippen LogP contribution is -2.40. The van der Waals surface area contributed by atoms with E-state index < -0.39 is 0 Å². The second-order valence-corrected chi connectivity index (χ2v) is 8.69. The van der Waals surface area contributed by atoms with Crippen LogP contribution in [0.5, 0.6) is 5.75 Å². The Morgan fingerprint density at radius 2 is 1.93 bits per heavy atom. The van der Waals surface area contributed by atoms with Gasteiger partial charge < -0.3 is 10.1 Å². The van der Waals surface area contributed by atoms with Crippen molar-refractivity contribution in [3.8, 4) is 5.75 Å². The van der Waals surface area contributed by atoms with E-state index in [0.717, 1.165) is 44.9 Å². The van der Waals surface area contributed by atoms with Crippen molar-refractivity contribution in [3.05, 3.63) is 35.9 Å². The number of amides is 1. The Balaban J connectivity index is 1.27. The molecule has 5 heteroatoms. The molecule has 1 N–H and O–H groups in total. The van der Waals surface area contributed by atoms with Gasteiger partial charge in [-0.25, -0.2) is 0 Å². The van der Waals surface area contributed by atoms with E-state index in [2.05, 4.69) is 46.3 Å². The summed E-state index contributed by atoms with van der Waals surface area (Å²) in [6.45, 7) is 8.57. The maximum absolute atomic E-state index is 12.3. The minimum absolute atomic E-state index is 0.239. The van der Waals surface area contributed by atoms with Crippen LogP contribution in [0.3, 0.4) is 0 Å². The number of likely N-dealkylation sites (N-methyl/N-ethyl adjacent to an activating group) is 1. The van der Waals surface area contributed by atoms with Crippen molar-refractivity contribution in [2.45, 2.75) is 51.5 Å². The monoisotopic (exact) mass is 413 g/mol. The second-order valence-electron chi connectivity index (χ2n) is 8.69. The summed E-state index contributed by atoms with van der Waals surface area (Å²) in [5.74, 6) is 1.82. The highest BCUT2D eigenvalue weighted by Crippen LogP contribution is 2.22. The van der Waals surface area contributed by atoms with E-state index in [0.29, 0.717) is 18.4 Å². The van der Waals surface area contributed by atoms with Crippen LogP contribution in [0.25, 0.3) is 6.08 Å². The smallest absolute Gasteiger partial charge is 0.220 e. The molecule has 166 valence electrons. The number of piperidine rings is 1. The van der Waals surface area contributed by atoms with Gasteiger partial charge in [0.25, 0.3) is 0 Å². The number of likely N-dealkylation sites (tertiary alicyclic amines) is 2. The number of nitrogens with zero attached hydrogens (tertiary/aromatic N) is 2. The molecule has 2 heterocycles. The summed E-state index contributed by atoms with van der Waals surface area (Å²) in [7, 11) is 1.69. The van der Waals surface area contributed by atoms with Crippen molar-refractivity contribution < 1.29 is 9.53 Å². The van der Waals surface area contributed by atoms with Crippen LogP contribution in [0.4, 0.5) is 0 Å². The topological polar surface area (TPSA) is 44.8 Å². The summed E-state index contributed by atoms with van der Waals surface area (Å²) < 4.78 is 5.20. The van der Waals surface area contributed by atoms with Gasteiger partial charge in [-0.1, -0.05) is 31.2 Å². The summed E-state index contributed by atoms with van der Waals surface area (Å²) in [5.41, 5.74) is 1.20. The molecule has 0 radical (unpaired) electrons. The number of nitrogens with one attached hydrogen (secondary N) is 1. The third kappa shape index (κ3) is 7.13. The number of methoxy groups -OCH3 is 1. The number of hydrogen-bond donors (Lipinski definition) is 1. The van der Waals surface area contributed by atoms with Crippen LogP contribution in [-0.4, -0.2) is 68.1 Å². The van der Waals surface area contributed by atoms with Gasteiger partial charge in [-0.15, -0.1) is 0 Å². The van der Waals surface area contributed by atoms with Crippen molar-refractivity contribution in [1.29, 1.82) is 0 Å². The summed E-state index contributed by atoms with van der Waals surface area (Å²) in [5, 5.41) is 3.18. The fourth-order valence-corrected chi connectivity index (χ4v) is 4.71. The lowest BCUT2D eigenvalue weighted by atomic mass is 9.92. The van der Waals surface area contributed by atoms with E-state index in [1.54, 1.807) is 7.11 Å². The molecule has 2 aliphatic heterocycles. The number of carbonyl (C=O) groups is 1. The predicted molar refractivity (Wildman–Crippen MR) is 124 cm³/mol. The summed E-state index contributed by atoms with van der Waals surface area (Å²) in [6.07, 6.45) is 11.0. The van der Waals surface area contributed by atoms with Gasteiger partial charge in [0.1, 0.15) is 5.75 Å². The van der Waals surface area contributed by atoms with Gasteiger partial charge in [0, 0.05) is 25.6 Å². The zero-order valence-corrected chi connectivity index (χ0v) is 18.8. The zero-order chi connectivity index (χ0) is 21.2. The lowest BCUT2D eigenvalue weighted by Gasteiger charge is -2.31. The number of benzene rings is 1. The molecule has 1 aromatic rings. The Kier molecular flexibility index (Phi) is 9.22. The van der Waals surface area contributed by atoms with Crippen LogP contribution in [0.15, 0.2) is 30.3 Å². The first-order valence-corrected chi connectivity index (χ1v) is 11.7. The van der Waals surface area contributed by atoms with Crippen LogP contribution < -0.4 is 10.1 Å². The molecule has 1 amide bonds. The molecule has 1 unspecified atom stereocenters. The Bertz CT molecular complexity index is 665. The largest absolute Gasteiger partial charge is 0.497 e. The number of rotatable bonds is 10. The SMILES string of the molecule is CCN1CCCC1CNC(=O)CCC1CCN(CC=Cc2ccc(OC)cc2)CC1. The average molecular weight is 414 g/mol. The molecule has 2 aliphatic rings. The minimum atomic E-state index is 0.239. The molecular weight excluding hydrogens is 374 g/mol. The van der Waals surface area contributed by atoms with E-state index in [4.69, 9.17) is 4.74 Å². The molecule has 3 rings (SSSR count). The fourth-order valence-electron chi connectivity index (χ4n) is 4.71. The maximum Gasteiger partial charge on any atom is 0.220 e. The zero-order valence-electron chi connectivity index (χ0n) is 18.8. The van der Waals surface area contributed by atoms with E-state index in [9.17, 15) is 4.79 Å². The molecule has 5 nitrogen and oxygen atoms in total. The molecular formula is C25H39N3O2. The quantitative estimate of drug-likeness (QED) is 0.634. The molecule has 0 bridgehead atoms. The molecule has 30 heavy (non-hydrogen) atoms. The molecule has 1 aromatic carbocycles. The van der Waals surface area contributed by atoms with Gasteiger partial charge in [0.15, 0.2) is 0 Å². The molecule has 2 fully saturated rings. The third-order valence-corrected chi connectivity index (χ3v) is 6.72. The van der Waals surface area contributed by atoms with Gasteiger partial charge in [0.05, 0.1) is 7.11 Å². The standard InChI is InChI=1S/C25H39N3O2/c1-3-28-17-5-7-23(28)20-26-25(29)13-10-22-14-18-27(19-15-22)16-4-6-21-8-11-24(30-2)12-9-21/h4,6,8-9,11-12,22-23H,3,5,7,10,13-20H2,1-2H3,(H,26,29). The predicted octanol–water partition coefficient (Wildman–Crippen LogP) is 3.80. The minimum Gasteiger partial charge on any atom is -0.497 e. The first-order valence-electron chi connectivity index (χ1n) is 11.7. The lowest BCUT2D eigenvalue weighted by molar-refractivity contribution is -0.121. The molecule has 0 aromatic heterocycles. The number of hydrogen-bond acceptors (Lipinski definition) is 4. The highest BCUT2D eigenvalue weighted by atomic mass is 16.5. The number of carbonyl (C=O) groups excluding carboxylic acids is 1. The van der Waals surface area contributed by atoms with Crippen LogP contribution in [0.1, 0.15) is 51.0 Å². The van der Waals surface area contributed by atoms with E-state index in [-0.39, 0.29) is 5.91 Å². The molecule has 0 aliphatic carbocycles. The maximum atomic E-state index is 12.3. The van der Waals surface area contributed by atoms with Crippen molar-refractivity contribution >= 4 is 12.0 Å². The summed E-state index contributed by atoms with van der Waals surface area (Å²) in [6, 6.07) is 8.70. The van der Waals surface area contributed by atoms with Crippen LogP contribution in [0.2, 0.25) is 0 Å². The molecule has 0 saturated carbocycles. The van der Waals surface area contributed by atoms with Crippen LogP contribution in [0, 0.1) is 5.92 Å². The molecule has 1 atom stereocenters. The van der Waals surface area contributed by atoms with Crippen molar-refractivity contribution in [2.24, 2.45) is 5.92 Å². The van der Waals surface area contributed by atoms with Gasteiger partial charge in [0.2, 0.25) is 5.91 Å². The summed E-state index contributed by atoms with van der Waals surface area (Å²) in [4.78, 5) is 17.3. The van der Waals surface area contributed by atoms with Gasteiger partial charge in [-0.2, -0.15) is 0 Å². The Labute approximate surface area is 182 Å². The number of ether oxygens (including phenoxy) is 1. The van der Waals surface area contributed by atoms with E-state index in [1.165, 1.54) is 37.8 Å².